The van der Waals surface area contributed by atoms with Crippen LogP contribution < -0.4 is 0 Å². The molecule has 0 aliphatic heterocycles. The van der Waals surface area contributed by atoms with Crippen molar-refractivity contribution < 1.29 is 14.2 Å². The van der Waals surface area contributed by atoms with Crippen LogP contribution in [0.15, 0.2) is 0 Å². The number of aliphatic hydroxyl groups is 1. The molecular weight excluding hydrogens is 135 g/mol. The van der Waals surface area contributed by atoms with Crippen molar-refractivity contribution in [1.29, 1.82) is 0 Å². The Morgan fingerprint density at radius 1 is 1.50 bits per heavy atom. The van der Waals surface area contributed by atoms with Gasteiger partial charge in [-0.1, -0.05) is 0 Å². The van der Waals surface area contributed by atoms with Gasteiger partial charge in [0, 0.05) is 5.92 Å². The molecule has 0 saturated heterocycles. The second-order valence-electron chi connectivity index (χ2n) is 2.58. The number of ether oxygens (including phenoxy) is 1. The Bertz CT molecular complexity index is 72.0. The molecule has 3 heteroatoms. The highest BCUT2D eigenvalue weighted by atomic mass is 19.1. The third-order valence-electron chi connectivity index (χ3n) is 1.14. The molecule has 1 N–H and O–H groups in total. The minimum absolute atomic E-state index is 0.112. The van der Waals surface area contributed by atoms with Gasteiger partial charge in [0.25, 0.3) is 0 Å². The van der Waals surface area contributed by atoms with Crippen LogP contribution in [0.2, 0.25) is 0 Å². The van der Waals surface area contributed by atoms with Gasteiger partial charge in [-0.25, -0.2) is 0 Å². The van der Waals surface area contributed by atoms with Crippen molar-refractivity contribution in [1.82, 2.24) is 0 Å². The lowest BCUT2D eigenvalue weighted by atomic mass is 10.2. The smallest absolute Gasteiger partial charge is 0.0966 e. The van der Waals surface area contributed by atoms with E-state index in [0.29, 0.717) is 6.61 Å². The van der Waals surface area contributed by atoms with Gasteiger partial charge in [0.15, 0.2) is 0 Å². The van der Waals surface area contributed by atoms with E-state index in [2.05, 4.69) is 0 Å². The van der Waals surface area contributed by atoms with E-state index in [4.69, 9.17) is 9.84 Å². The van der Waals surface area contributed by atoms with E-state index in [1.807, 2.05) is 13.8 Å². The van der Waals surface area contributed by atoms with Gasteiger partial charge in [-0.2, -0.15) is 0 Å². The largest absolute Gasteiger partial charge is 0.396 e. The van der Waals surface area contributed by atoms with Crippen LogP contribution in [0.3, 0.4) is 0 Å². The number of hydrogen-bond acceptors (Lipinski definition) is 2. The number of aliphatic hydroxyl groups excluding tert-OH is 1. The molecule has 0 rings (SSSR count). The quantitative estimate of drug-likeness (QED) is 0.633. The summed E-state index contributed by atoms with van der Waals surface area (Å²) in [5.74, 6) is -0.345. The van der Waals surface area contributed by atoms with Gasteiger partial charge in [-0.05, 0) is 13.8 Å². The highest BCUT2D eigenvalue weighted by Gasteiger charge is 2.07. The first-order valence-electron chi connectivity index (χ1n) is 3.49. The Morgan fingerprint density at radius 2 is 2.10 bits per heavy atom. The summed E-state index contributed by atoms with van der Waals surface area (Å²) in [6.07, 6.45) is 0.112. The van der Waals surface area contributed by atoms with E-state index in [9.17, 15) is 4.39 Å². The van der Waals surface area contributed by atoms with Gasteiger partial charge in [0.1, 0.15) is 0 Å². The van der Waals surface area contributed by atoms with Crippen LogP contribution in [0, 0.1) is 5.92 Å². The van der Waals surface area contributed by atoms with Gasteiger partial charge in [0.05, 0.1) is 26.0 Å². The van der Waals surface area contributed by atoms with Crippen molar-refractivity contribution in [2.24, 2.45) is 5.92 Å². The maximum absolute atomic E-state index is 11.9. The Labute approximate surface area is 61.0 Å². The lowest BCUT2D eigenvalue weighted by Crippen LogP contribution is -2.18. The topological polar surface area (TPSA) is 29.5 Å². The molecule has 0 bridgehead atoms. The summed E-state index contributed by atoms with van der Waals surface area (Å²) in [5, 5.41) is 8.52. The Morgan fingerprint density at radius 3 is 2.40 bits per heavy atom. The van der Waals surface area contributed by atoms with Crippen molar-refractivity contribution in [3.63, 3.8) is 0 Å². The average Bonchev–Trinajstić information content (AvgIpc) is 1.90. The number of alkyl halides is 1. The van der Waals surface area contributed by atoms with Crippen LogP contribution in [0.1, 0.15) is 13.8 Å². The van der Waals surface area contributed by atoms with Crippen molar-refractivity contribution in [2.75, 3.05) is 19.9 Å². The van der Waals surface area contributed by atoms with Crippen LogP contribution in [0.4, 0.5) is 4.39 Å². The van der Waals surface area contributed by atoms with Crippen molar-refractivity contribution in [3.05, 3.63) is 0 Å². The summed E-state index contributed by atoms with van der Waals surface area (Å²) in [4.78, 5) is 0. The highest BCUT2D eigenvalue weighted by molar-refractivity contribution is 4.53. The zero-order chi connectivity index (χ0) is 7.98. The van der Waals surface area contributed by atoms with Crippen LogP contribution in [0.25, 0.3) is 0 Å². The van der Waals surface area contributed by atoms with Crippen molar-refractivity contribution >= 4 is 0 Å². The molecule has 0 radical (unpaired) electrons. The van der Waals surface area contributed by atoms with Gasteiger partial charge in [-0.3, -0.25) is 4.39 Å². The maximum Gasteiger partial charge on any atom is 0.0966 e. The minimum Gasteiger partial charge on any atom is -0.396 e. The first-order chi connectivity index (χ1) is 4.70. The number of hydrogen-bond donors (Lipinski definition) is 1. The molecule has 0 aliphatic rings. The Balaban J connectivity index is 3.26. The molecule has 0 spiro atoms. The zero-order valence-corrected chi connectivity index (χ0v) is 6.51. The number of rotatable bonds is 5. The normalized spacial score (nSPS) is 14.1. The fourth-order valence-electron chi connectivity index (χ4n) is 0.475. The first-order valence-corrected chi connectivity index (χ1v) is 3.49. The molecule has 1 atom stereocenters. The molecule has 0 aromatic rings. The van der Waals surface area contributed by atoms with E-state index in [1.165, 1.54) is 0 Å². The summed E-state index contributed by atoms with van der Waals surface area (Å²) < 4.78 is 17.0. The van der Waals surface area contributed by atoms with E-state index in [-0.39, 0.29) is 18.6 Å². The van der Waals surface area contributed by atoms with E-state index in [0.717, 1.165) is 0 Å². The second kappa shape index (κ2) is 5.62. The molecule has 0 fully saturated rings. The molecule has 62 valence electrons. The predicted octanol–water partition coefficient (Wildman–Crippen LogP) is 0.989. The van der Waals surface area contributed by atoms with Gasteiger partial charge in [0.2, 0.25) is 0 Å². The summed E-state index contributed by atoms with van der Waals surface area (Å²) in [6.45, 7) is 3.43. The molecule has 0 aromatic carbocycles. The maximum atomic E-state index is 11.9. The predicted molar refractivity (Wildman–Crippen MR) is 37.6 cm³/mol. The lowest BCUT2D eigenvalue weighted by molar-refractivity contribution is 0.0265. The summed E-state index contributed by atoms with van der Waals surface area (Å²) in [6, 6.07) is 0. The summed E-state index contributed by atoms with van der Waals surface area (Å²) in [7, 11) is 0. The van der Waals surface area contributed by atoms with E-state index in [1.54, 1.807) is 0 Å². The van der Waals surface area contributed by atoms with Crippen LogP contribution in [-0.4, -0.2) is 31.1 Å². The first kappa shape index (κ1) is 9.85. The number of halogens is 1. The molecule has 0 aromatic heterocycles. The molecule has 0 aliphatic carbocycles. The minimum atomic E-state index is -0.511. The summed E-state index contributed by atoms with van der Waals surface area (Å²) in [5.41, 5.74) is 0. The molecular formula is C7H15FO2. The third kappa shape index (κ3) is 4.70. The van der Waals surface area contributed by atoms with Crippen LogP contribution >= 0.6 is 0 Å². The summed E-state index contributed by atoms with van der Waals surface area (Å²) >= 11 is 0. The monoisotopic (exact) mass is 150 g/mol. The van der Waals surface area contributed by atoms with Crippen LogP contribution in [0.5, 0.6) is 0 Å². The average molecular weight is 150 g/mol. The van der Waals surface area contributed by atoms with Crippen LogP contribution in [-0.2, 0) is 4.74 Å². The lowest BCUT2D eigenvalue weighted by Gasteiger charge is -2.12. The second-order valence-corrected chi connectivity index (χ2v) is 2.58. The molecule has 0 heterocycles. The van der Waals surface area contributed by atoms with Crippen molar-refractivity contribution in [2.45, 2.75) is 20.0 Å². The molecule has 10 heavy (non-hydrogen) atoms. The van der Waals surface area contributed by atoms with Gasteiger partial charge in [-0.15, -0.1) is 0 Å². The molecule has 0 amide bonds. The third-order valence-corrected chi connectivity index (χ3v) is 1.14. The fraction of sp³-hybridized carbons (Fsp3) is 1.00. The SMILES string of the molecule is CC(C)OCC(CO)CF. The van der Waals surface area contributed by atoms with Gasteiger partial charge >= 0.3 is 0 Å². The van der Waals surface area contributed by atoms with E-state index < -0.39 is 6.67 Å². The van der Waals surface area contributed by atoms with Crippen molar-refractivity contribution in [3.8, 4) is 0 Å². The van der Waals surface area contributed by atoms with Gasteiger partial charge < -0.3 is 9.84 Å². The zero-order valence-electron chi connectivity index (χ0n) is 6.51. The fourth-order valence-corrected chi connectivity index (χ4v) is 0.475. The Hall–Kier alpha value is -0.150. The highest BCUT2D eigenvalue weighted by Crippen LogP contribution is 1.99. The standard InChI is InChI=1S/C7H15FO2/c1-6(2)10-5-7(3-8)4-9/h6-7,9H,3-5H2,1-2H3. The molecule has 1 unspecified atom stereocenters. The molecule has 0 saturated carbocycles. The molecule has 2 nitrogen and oxygen atoms in total. The Kier molecular flexibility index (Phi) is 5.54. The van der Waals surface area contributed by atoms with E-state index >= 15 is 0 Å².